The molecule has 4 rings (SSSR count). The molecule has 0 spiro atoms. The third-order valence-corrected chi connectivity index (χ3v) is 4.84. The summed E-state index contributed by atoms with van der Waals surface area (Å²) in [5, 5.41) is 1.78. The molecule has 0 radical (unpaired) electrons. The maximum absolute atomic E-state index is 13.1. The number of hydroxylamine groups is 1. The van der Waals surface area contributed by atoms with Gasteiger partial charge in [-0.2, -0.15) is 0 Å². The minimum Gasteiger partial charge on any atom is -0.447 e. The summed E-state index contributed by atoms with van der Waals surface area (Å²) < 4.78 is 4.95. The van der Waals surface area contributed by atoms with Gasteiger partial charge in [0.15, 0.2) is 0 Å². The highest BCUT2D eigenvalue weighted by atomic mass is 16.7. The number of imide groups is 1. The Morgan fingerprint density at radius 3 is 2.31 bits per heavy atom. The molecule has 0 bridgehead atoms. The minimum absolute atomic E-state index is 0.241. The first-order chi connectivity index (χ1) is 12.7. The zero-order valence-corrected chi connectivity index (χ0v) is 14.4. The molecule has 2 heterocycles. The van der Waals surface area contributed by atoms with Crippen LogP contribution in [0, 0.1) is 5.92 Å². The lowest BCUT2D eigenvalue weighted by molar-refractivity contribution is -0.133. The van der Waals surface area contributed by atoms with Crippen LogP contribution in [-0.2, 0) is 14.4 Å². The van der Waals surface area contributed by atoms with Crippen molar-refractivity contribution < 1.29 is 19.2 Å². The zero-order valence-electron chi connectivity index (χ0n) is 14.4. The minimum atomic E-state index is -0.577. The van der Waals surface area contributed by atoms with Crippen LogP contribution < -0.4 is 5.06 Å². The Kier molecular flexibility index (Phi) is 4.34. The van der Waals surface area contributed by atoms with Gasteiger partial charge in [-0.3, -0.25) is 9.63 Å². The summed E-state index contributed by atoms with van der Waals surface area (Å²) in [4.78, 5) is 32.3. The van der Waals surface area contributed by atoms with E-state index in [-0.39, 0.29) is 31.2 Å². The maximum atomic E-state index is 13.1. The fourth-order valence-electron chi connectivity index (χ4n) is 3.61. The number of para-hydroxylation sites is 1. The molecule has 134 valence electrons. The Hall–Kier alpha value is -2.86. The van der Waals surface area contributed by atoms with Crippen LogP contribution in [-0.4, -0.2) is 36.2 Å². The number of anilines is 1. The summed E-state index contributed by atoms with van der Waals surface area (Å²) >= 11 is 0. The molecule has 2 amide bonds. The molecule has 2 aromatic carbocycles. The van der Waals surface area contributed by atoms with Gasteiger partial charge in [0.05, 0.1) is 30.3 Å². The van der Waals surface area contributed by atoms with Crippen LogP contribution in [0.5, 0.6) is 0 Å². The molecule has 0 saturated carbocycles. The molecule has 2 aliphatic heterocycles. The average Bonchev–Trinajstić information content (AvgIpc) is 3.26. The van der Waals surface area contributed by atoms with Crippen LogP contribution in [0.4, 0.5) is 10.5 Å². The van der Waals surface area contributed by atoms with E-state index in [0.29, 0.717) is 0 Å². The van der Waals surface area contributed by atoms with Crippen LogP contribution in [0.15, 0.2) is 60.7 Å². The molecular formula is C20H20N2O4. The van der Waals surface area contributed by atoms with Crippen LogP contribution >= 0.6 is 0 Å². The van der Waals surface area contributed by atoms with Crippen molar-refractivity contribution in [2.24, 2.45) is 5.92 Å². The third kappa shape index (κ3) is 2.82. The smallest absolute Gasteiger partial charge is 0.416 e. The SMILES string of the molecule is C[C@H]1ON(c2ccccc2)[C@@H](c2ccccc2)[C@@H]1C(=O)N1CCOC1=O. The number of cyclic esters (lactones) is 1. The number of carbonyl (C=O) groups excluding carboxylic acids is 2. The zero-order chi connectivity index (χ0) is 18.1. The van der Waals surface area contributed by atoms with Gasteiger partial charge in [-0.25, -0.2) is 14.8 Å². The fraction of sp³-hybridized carbons (Fsp3) is 0.300. The lowest BCUT2D eigenvalue weighted by Crippen LogP contribution is -2.41. The van der Waals surface area contributed by atoms with Gasteiger partial charge in [0.25, 0.3) is 0 Å². The molecule has 2 fully saturated rings. The van der Waals surface area contributed by atoms with Gasteiger partial charge in [-0.1, -0.05) is 48.5 Å². The number of amides is 2. The normalized spacial score (nSPS) is 25.4. The van der Waals surface area contributed by atoms with E-state index < -0.39 is 12.0 Å². The molecule has 0 aliphatic carbocycles. The topological polar surface area (TPSA) is 59.1 Å². The number of hydrogen-bond acceptors (Lipinski definition) is 5. The molecule has 2 aromatic rings. The summed E-state index contributed by atoms with van der Waals surface area (Å²) in [7, 11) is 0. The molecule has 6 nitrogen and oxygen atoms in total. The number of nitrogens with zero attached hydrogens (tertiary/aromatic N) is 2. The monoisotopic (exact) mass is 352 g/mol. The first-order valence-electron chi connectivity index (χ1n) is 8.71. The summed E-state index contributed by atoms with van der Waals surface area (Å²) in [6.45, 7) is 2.39. The number of hydrogen-bond donors (Lipinski definition) is 0. The molecular weight excluding hydrogens is 332 g/mol. The molecule has 2 aliphatic rings. The third-order valence-electron chi connectivity index (χ3n) is 4.84. The van der Waals surface area contributed by atoms with Crippen molar-refractivity contribution in [2.45, 2.75) is 19.1 Å². The van der Waals surface area contributed by atoms with Crippen molar-refractivity contribution in [3.05, 3.63) is 66.2 Å². The van der Waals surface area contributed by atoms with Gasteiger partial charge in [-0.15, -0.1) is 0 Å². The average molecular weight is 352 g/mol. The van der Waals surface area contributed by atoms with Crippen LogP contribution in [0.25, 0.3) is 0 Å². The van der Waals surface area contributed by atoms with E-state index in [1.807, 2.05) is 67.6 Å². The Balaban J connectivity index is 1.74. The van der Waals surface area contributed by atoms with Gasteiger partial charge in [0.2, 0.25) is 5.91 Å². The summed E-state index contributed by atoms with van der Waals surface area (Å²) in [5.74, 6) is -0.768. The number of ether oxygens (including phenoxy) is 1. The van der Waals surface area contributed by atoms with Crippen LogP contribution in [0.2, 0.25) is 0 Å². The highest BCUT2D eigenvalue weighted by Gasteiger charge is 2.49. The predicted octanol–water partition coefficient (Wildman–Crippen LogP) is 3.16. The quantitative estimate of drug-likeness (QED) is 0.849. The van der Waals surface area contributed by atoms with E-state index in [1.165, 1.54) is 4.90 Å². The van der Waals surface area contributed by atoms with E-state index in [4.69, 9.17) is 9.57 Å². The standard InChI is InChI=1S/C20H20N2O4/c1-14-17(19(23)21-12-13-25-20(21)24)18(15-8-4-2-5-9-15)22(26-14)16-10-6-3-7-11-16/h2-11,14,17-18H,12-13H2,1H3/t14-,17-,18+/m1/s1. The van der Waals surface area contributed by atoms with E-state index in [2.05, 4.69) is 0 Å². The molecule has 0 aromatic heterocycles. The van der Waals surface area contributed by atoms with E-state index in [9.17, 15) is 9.59 Å². The molecule has 0 unspecified atom stereocenters. The fourth-order valence-corrected chi connectivity index (χ4v) is 3.61. The largest absolute Gasteiger partial charge is 0.447 e. The lowest BCUT2D eigenvalue weighted by Gasteiger charge is -2.28. The Labute approximate surface area is 151 Å². The van der Waals surface area contributed by atoms with Gasteiger partial charge >= 0.3 is 6.09 Å². The lowest BCUT2D eigenvalue weighted by atomic mass is 9.88. The summed E-state index contributed by atoms with van der Waals surface area (Å²) in [6, 6.07) is 19.1. The summed E-state index contributed by atoms with van der Waals surface area (Å²) in [5.41, 5.74) is 1.83. The number of carbonyl (C=O) groups is 2. The second-order valence-corrected chi connectivity index (χ2v) is 6.46. The van der Waals surface area contributed by atoms with Gasteiger partial charge < -0.3 is 4.74 Å². The Morgan fingerprint density at radius 1 is 1.04 bits per heavy atom. The van der Waals surface area contributed by atoms with Gasteiger partial charge in [0, 0.05) is 0 Å². The predicted molar refractivity (Wildman–Crippen MR) is 95.2 cm³/mol. The van der Waals surface area contributed by atoms with Crippen molar-refractivity contribution in [2.75, 3.05) is 18.2 Å². The molecule has 6 heteroatoms. The maximum Gasteiger partial charge on any atom is 0.416 e. The Bertz CT molecular complexity index is 796. The second-order valence-electron chi connectivity index (χ2n) is 6.46. The highest BCUT2D eigenvalue weighted by molar-refractivity contribution is 5.95. The number of rotatable bonds is 3. The van der Waals surface area contributed by atoms with E-state index >= 15 is 0 Å². The van der Waals surface area contributed by atoms with Crippen molar-refractivity contribution in [1.82, 2.24) is 4.90 Å². The molecule has 0 N–H and O–H groups in total. The van der Waals surface area contributed by atoms with Crippen molar-refractivity contribution in [1.29, 1.82) is 0 Å². The molecule has 26 heavy (non-hydrogen) atoms. The molecule has 3 atom stereocenters. The van der Waals surface area contributed by atoms with Gasteiger partial charge in [0.1, 0.15) is 6.61 Å². The van der Waals surface area contributed by atoms with Crippen molar-refractivity contribution in [3.8, 4) is 0 Å². The van der Waals surface area contributed by atoms with Crippen LogP contribution in [0.1, 0.15) is 18.5 Å². The first-order valence-corrected chi connectivity index (χ1v) is 8.71. The van der Waals surface area contributed by atoms with E-state index in [0.717, 1.165) is 11.3 Å². The van der Waals surface area contributed by atoms with Gasteiger partial charge in [-0.05, 0) is 24.6 Å². The highest BCUT2D eigenvalue weighted by Crippen LogP contribution is 2.43. The Morgan fingerprint density at radius 2 is 1.69 bits per heavy atom. The second kappa shape index (κ2) is 6.80. The van der Waals surface area contributed by atoms with Crippen LogP contribution in [0.3, 0.4) is 0 Å². The molecule has 2 saturated heterocycles. The first kappa shape index (κ1) is 16.6. The van der Waals surface area contributed by atoms with Crippen molar-refractivity contribution in [3.63, 3.8) is 0 Å². The van der Waals surface area contributed by atoms with E-state index in [1.54, 1.807) is 5.06 Å². The number of benzene rings is 2. The van der Waals surface area contributed by atoms with Crippen molar-refractivity contribution >= 4 is 17.7 Å². The summed E-state index contributed by atoms with van der Waals surface area (Å²) in [6.07, 6.45) is -0.950.